The van der Waals surface area contributed by atoms with Crippen LogP contribution in [0.25, 0.3) is 0 Å². The van der Waals surface area contributed by atoms with E-state index in [1.165, 1.54) is 0 Å². The van der Waals surface area contributed by atoms with Crippen molar-refractivity contribution in [1.29, 1.82) is 0 Å². The third-order valence-electron chi connectivity index (χ3n) is 0.820. The number of carbonyl (C=O) groups is 2. The van der Waals surface area contributed by atoms with Gasteiger partial charge in [0, 0.05) is 0 Å². The summed E-state index contributed by atoms with van der Waals surface area (Å²) in [5.74, 6) is -2.85. The van der Waals surface area contributed by atoms with E-state index in [9.17, 15) is 9.59 Å². The van der Waals surface area contributed by atoms with Gasteiger partial charge in [0.25, 0.3) is 0 Å². The van der Waals surface area contributed by atoms with E-state index in [2.05, 4.69) is 13.2 Å². The predicted molar refractivity (Wildman–Crippen MR) is 46.3 cm³/mol. The Kier molecular flexibility index (Phi) is 9.09. The average molecular weight is 188 g/mol. The van der Waals surface area contributed by atoms with Crippen LogP contribution in [-0.2, 0) is 9.59 Å². The van der Waals surface area contributed by atoms with Gasteiger partial charge in [-0.2, -0.15) is 0 Å². The van der Waals surface area contributed by atoms with Crippen LogP contribution in [0.3, 0.4) is 0 Å². The molecular weight excluding hydrogens is 176 g/mol. The van der Waals surface area contributed by atoms with Gasteiger partial charge in [-0.15, -0.1) is 0 Å². The molecule has 74 valence electrons. The molecule has 0 aliphatic rings. The lowest BCUT2D eigenvalue weighted by atomic mass is 10.3. The molecule has 0 saturated heterocycles. The first-order chi connectivity index (χ1) is 5.95. The van der Waals surface area contributed by atoms with Crippen LogP contribution < -0.4 is 0 Å². The monoisotopic (exact) mass is 188 g/mol. The van der Waals surface area contributed by atoms with E-state index in [1.54, 1.807) is 12.2 Å². The molecule has 1 unspecified atom stereocenters. The zero-order chi connectivity index (χ0) is 10.9. The van der Waals surface area contributed by atoms with E-state index >= 15 is 0 Å². The minimum atomic E-state index is -1.79. The molecule has 0 spiro atoms. The van der Waals surface area contributed by atoms with E-state index < -0.39 is 24.5 Å². The smallest absolute Gasteiger partial charge is 0.333 e. The van der Waals surface area contributed by atoms with Crippen molar-refractivity contribution >= 4 is 11.9 Å². The SMILES string of the molecule is C=CC=C.O=C(O)CC(O)C(=O)O. The van der Waals surface area contributed by atoms with Gasteiger partial charge in [0.05, 0.1) is 6.42 Å². The Balaban J connectivity index is 0. The molecular formula is C8H12O5. The van der Waals surface area contributed by atoms with Crippen molar-refractivity contribution in [2.75, 3.05) is 0 Å². The summed E-state index contributed by atoms with van der Waals surface area (Å²) in [6, 6.07) is 0. The largest absolute Gasteiger partial charge is 0.481 e. The maximum absolute atomic E-state index is 9.72. The summed E-state index contributed by atoms with van der Waals surface area (Å²) in [7, 11) is 0. The molecule has 1 atom stereocenters. The summed E-state index contributed by atoms with van der Waals surface area (Å²) >= 11 is 0. The van der Waals surface area contributed by atoms with Crippen molar-refractivity contribution in [3.8, 4) is 0 Å². The Morgan fingerprint density at radius 1 is 1.23 bits per heavy atom. The van der Waals surface area contributed by atoms with Crippen LogP contribution >= 0.6 is 0 Å². The molecule has 0 amide bonds. The summed E-state index contributed by atoms with van der Waals surface area (Å²) in [5, 5.41) is 24.1. The highest BCUT2D eigenvalue weighted by molar-refractivity contribution is 5.79. The van der Waals surface area contributed by atoms with Crippen LogP contribution in [0, 0.1) is 0 Å². The predicted octanol–water partition coefficient (Wildman–Crippen LogP) is 0.265. The number of aliphatic carboxylic acids is 2. The molecule has 0 rings (SSSR count). The van der Waals surface area contributed by atoms with Gasteiger partial charge >= 0.3 is 11.9 Å². The van der Waals surface area contributed by atoms with Crippen molar-refractivity contribution in [1.82, 2.24) is 0 Å². The second-order valence-electron chi connectivity index (χ2n) is 1.92. The Morgan fingerprint density at radius 3 is 1.69 bits per heavy atom. The van der Waals surface area contributed by atoms with Crippen LogP contribution in [0.2, 0.25) is 0 Å². The van der Waals surface area contributed by atoms with Gasteiger partial charge in [-0.05, 0) is 0 Å². The molecule has 13 heavy (non-hydrogen) atoms. The number of aliphatic hydroxyl groups is 1. The van der Waals surface area contributed by atoms with Crippen LogP contribution in [0.4, 0.5) is 0 Å². The molecule has 0 aliphatic carbocycles. The molecule has 0 heterocycles. The molecule has 0 radical (unpaired) electrons. The Bertz CT molecular complexity index is 191. The van der Waals surface area contributed by atoms with Crippen LogP contribution in [-0.4, -0.2) is 33.4 Å². The first-order valence-electron chi connectivity index (χ1n) is 3.31. The van der Waals surface area contributed by atoms with Crippen molar-refractivity contribution in [3.05, 3.63) is 25.3 Å². The number of rotatable bonds is 4. The summed E-state index contributed by atoms with van der Waals surface area (Å²) in [6.45, 7) is 6.72. The topological polar surface area (TPSA) is 94.8 Å². The van der Waals surface area contributed by atoms with Gasteiger partial charge in [-0.25, -0.2) is 4.79 Å². The first-order valence-corrected chi connectivity index (χ1v) is 3.31. The molecule has 5 heteroatoms. The van der Waals surface area contributed by atoms with Crippen LogP contribution in [0.5, 0.6) is 0 Å². The summed E-state index contributed by atoms with van der Waals surface area (Å²) in [4.78, 5) is 19.4. The van der Waals surface area contributed by atoms with Gasteiger partial charge in [0.2, 0.25) is 0 Å². The molecule has 0 aromatic heterocycles. The summed E-state index contributed by atoms with van der Waals surface area (Å²) in [5.41, 5.74) is 0. The molecule has 5 nitrogen and oxygen atoms in total. The summed E-state index contributed by atoms with van der Waals surface area (Å²) in [6.07, 6.45) is 0.734. The molecule has 0 aliphatic heterocycles. The zero-order valence-corrected chi connectivity index (χ0v) is 7.01. The minimum absolute atomic E-state index is 0.755. The molecule has 3 N–H and O–H groups in total. The van der Waals surface area contributed by atoms with E-state index in [1.807, 2.05) is 0 Å². The third kappa shape index (κ3) is 13.4. The zero-order valence-electron chi connectivity index (χ0n) is 7.01. The number of aliphatic hydroxyl groups excluding tert-OH is 1. The molecule has 0 aromatic rings. The standard InChI is InChI=1S/C4H6O5.C4H6/c5-2(4(8)9)1-3(6)7;1-3-4-2/h2,5H,1H2,(H,6,7)(H,8,9);3-4H,1-2H2. The fourth-order valence-electron chi connectivity index (χ4n) is 0.253. The Morgan fingerprint density at radius 2 is 1.62 bits per heavy atom. The fraction of sp³-hybridized carbons (Fsp3) is 0.250. The average Bonchev–Trinajstić information content (AvgIpc) is 2.03. The van der Waals surface area contributed by atoms with E-state index in [0.29, 0.717) is 0 Å². The summed E-state index contributed by atoms with van der Waals surface area (Å²) < 4.78 is 0. The van der Waals surface area contributed by atoms with Gasteiger partial charge in [-0.3, -0.25) is 4.79 Å². The first kappa shape index (κ1) is 13.9. The van der Waals surface area contributed by atoms with E-state index in [4.69, 9.17) is 15.3 Å². The third-order valence-corrected chi connectivity index (χ3v) is 0.820. The maximum Gasteiger partial charge on any atom is 0.333 e. The van der Waals surface area contributed by atoms with E-state index in [-0.39, 0.29) is 0 Å². The Hall–Kier alpha value is -1.62. The van der Waals surface area contributed by atoms with Crippen LogP contribution in [0.15, 0.2) is 25.3 Å². The second kappa shape index (κ2) is 8.48. The van der Waals surface area contributed by atoms with E-state index in [0.717, 1.165) is 0 Å². The number of hydrogen-bond acceptors (Lipinski definition) is 3. The van der Waals surface area contributed by atoms with Gasteiger partial charge in [0.15, 0.2) is 6.10 Å². The molecule has 0 saturated carbocycles. The van der Waals surface area contributed by atoms with Gasteiger partial charge < -0.3 is 15.3 Å². The molecule has 0 bridgehead atoms. The number of hydrogen-bond donors (Lipinski definition) is 3. The van der Waals surface area contributed by atoms with Gasteiger partial charge in [0.1, 0.15) is 0 Å². The number of allylic oxidation sites excluding steroid dienone is 2. The van der Waals surface area contributed by atoms with Crippen molar-refractivity contribution in [3.63, 3.8) is 0 Å². The van der Waals surface area contributed by atoms with Crippen molar-refractivity contribution in [2.45, 2.75) is 12.5 Å². The number of carboxylic acids is 2. The quantitative estimate of drug-likeness (QED) is 0.550. The Labute approximate surface area is 75.6 Å². The highest BCUT2D eigenvalue weighted by atomic mass is 16.4. The molecule has 0 aromatic carbocycles. The molecule has 0 fully saturated rings. The normalized spacial score (nSPS) is 10.2. The van der Waals surface area contributed by atoms with Crippen LogP contribution in [0.1, 0.15) is 6.42 Å². The highest BCUT2D eigenvalue weighted by Crippen LogP contribution is 1.89. The van der Waals surface area contributed by atoms with Gasteiger partial charge in [-0.1, -0.05) is 25.3 Å². The lowest BCUT2D eigenvalue weighted by Crippen LogP contribution is -2.22. The highest BCUT2D eigenvalue weighted by Gasteiger charge is 2.16. The lowest BCUT2D eigenvalue weighted by Gasteiger charge is -1.97. The van der Waals surface area contributed by atoms with Crippen molar-refractivity contribution < 1.29 is 24.9 Å². The van der Waals surface area contributed by atoms with Crippen molar-refractivity contribution in [2.24, 2.45) is 0 Å². The maximum atomic E-state index is 9.72. The fourth-order valence-corrected chi connectivity index (χ4v) is 0.253. The second-order valence-corrected chi connectivity index (χ2v) is 1.92. The lowest BCUT2D eigenvalue weighted by molar-refractivity contribution is -0.152. The minimum Gasteiger partial charge on any atom is -0.481 e. The number of carboxylic acid groups (broad SMARTS) is 2.